The second-order valence-corrected chi connectivity index (χ2v) is 1.15. The summed E-state index contributed by atoms with van der Waals surface area (Å²) >= 11 is 0. The van der Waals surface area contributed by atoms with E-state index in [9.17, 15) is 4.79 Å². The van der Waals surface area contributed by atoms with Crippen molar-refractivity contribution in [2.24, 2.45) is 0 Å². The first-order chi connectivity index (χ1) is 3.18. The van der Waals surface area contributed by atoms with Gasteiger partial charge in [-0.05, 0) is 6.92 Å². The average molecular weight is 105 g/mol. The minimum Gasteiger partial charge on any atom is -0.383 e. The minimum absolute atomic E-state index is 0.792. The van der Waals surface area contributed by atoms with Gasteiger partial charge in [-0.15, -0.1) is 0 Å². The number of hydrogen-bond acceptors (Lipinski definition) is 3. The molecule has 1 amide bonds. The summed E-state index contributed by atoms with van der Waals surface area (Å²) < 4.78 is 0. The quantitative estimate of drug-likeness (QED) is 0.292. The summed E-state index contributed by atoms with van der Waals surface area (Å²) in [6, 6.07) is 0. The van der Waals surface area contributed by atoms with Crippen LogP contribution in [-0.2, 0) is 4.79 Å². The molecule has 42 valence electrons. The van der Waals surface area contributed by atoms with Crippen molar-refractivity contribution in [2.45, 2.75) is 13.0 Å². The highest BCUT2D eigenvalue weighted by atomic mass is 16.5. The van der Waals surface area contributed by atoms with E-state index in [0.29, 0.717) is 0 Å². The van der Waals surface area contributed by atoms with Gasteiger partial charge in [0.1, 0.15) is 6.10 Å². The molecule has 1 atom stereocenters. The van der Waals surface area contributed by atoms with Gasteiger partial charge in [-0.1, -0.05) is 0 Å². The van der Waals surface area contributed by atoms with Crippen molar-refractivity contribution in [1.29, 1.82) is 0 Å². The van der Waals surface area contributed by atoms with Crippen LogP contribution in [0.3, 0.4) is 0 Å². The fourth-order valence-electron chi connectivity index (χ4n) is 0.0934. The summed E-state index contributed by atoms with van der Waals surface area (Å²) in [6.07, 6.45) is -1.13. The van der Waals surface area contributed by atoms with Crippen molar-refractivity contribution in [3.8, 4) is 0 Å². The van der Waals surface area contributed by atoms with Crippen LogP contribution in [0.1, 0.15) is 6.92 Å². The Hall–Kier alpha value is -0.610. The Morgan fingerprint density at radius 1 is 1.86 bits per heavy atom. The minimum atomic E-state index is -1.13. The molecule has 0 aromatic heterocycles. The molecule has 0 saturated heterocycles. The van der Waals surface area contributed by atoms with Gasteiger partial charge in [0.15, 0.2) is 0 Å². The Bertz CT molecular complexity index is 70.6. The summed E-state index contributed by atoms with van der Waals surface area (Å²) in [5, 5.41) is 16.0. The normalized spacial score (nSPS) is 13.0. The highest BCUT2D eigenvalue weighted by molar-refractivity contribution is 5.78. The van der Waals surface area contributed by atoms with Gasteiger partial charge < -0.3 is 5.11 Å². The predicted molar refractivity (Wildman–Crippen MR) is 21.6 cm³/mol. The van der Waals surface area contributed by atoms with E-state index in [-0.39, 0.29) is 0 Å². The third-order valence-electron chi connectivity index (χ3n) is 0.490. The summed E-state index contributed by atoms with van der Waals surface area (Å²) in [7, 11) is 0. The molecule has 0 heterocycles. The van der Waals surface area contributed by atoms with E-state index in [4.69, 9.17) is 10.3 Å². The maximum absolute atomic E-state index is 9.90. The maximum atomic E-state index is 9.90. The Labute approximate surface area is 40.7 Å². The largest absolute Gasteiger partial charge is 0.383 e. The van der Waals surface area contributed by atoms with Gasteiger partial charge in [-0.3, -0.25) is 10.0 Å². The molecule has 4 nitrogen and oxygen atoms in total. The number of amides is 1. The van der Waals surface area contributed by atoms with Crippen molar-refractivity contribution in [3.63, 3.8) is 0 Å². The summed E-state index contributed by atoms with van der Waals surface area (Å²) in [4.78, 5) is 9.90. The first kappa shape index (κ1) is 6.39. The highest BCUT2D eigenvalue weighted by Gasteiger charge is 2.03. The second kappa shape index (κ2) is 2.54. The van der Waals surface area contributed by atoms with Gasteiger partial charge in [-0.25, -0.2) is 5.48 Å². The number of nitrogens with one attached hydrogen (secondary N) is 1. The molecule has 0 radical (unpaired) electrons. The van der Waals surface area contributed by atoms with Gasteiger partial charge in [0, 0.05) is 0 Å². The Morgan fingerprint density at radius 2 is 2.29 bits per heavy atom. The summed E-state index contributed by atoms with van der Waals surface area (Å²) in [5.74, 6) is -0.792. The molecule has 4 heteroatoms. The zero-order valence-electron chi connectivity index (χ0n) is 3.88. The first-order valence-corrected chi connectivity index (χ1v) is 1.80. The van der Waals surface area contributed by atoms with Crippen LogP contribution in [0.2, 0.25) is 0 Å². The molecular formula is C3H7NO3. The lowest BCUT2D eigenvalue weighted by molar-refractivity contribution is -0.136. The van der Waals surface area contributed by atoms with Crippen LogP contribution in [-0.4, -0.2) is 22.3 Å². The van der Waals surface area contributed by atoms with Crippen molar-refractivity contribution in [1.82, 2.24) is 5.48 Å². The van der Waals surface area contributed by atoms with Crippen molar-refractivity contribution in [3.05, 3.63) is 0 Å². The van der Waals surface area contributed by atoms with Crippen LogP contribution < -0.4 is 5.48 Å². The number of hydroxylamine groups is 1. The highest BCUT2D eigenvalue weighted by Crippen LogP contribution is 1.73. The molecule has 0 rings (SSSR count). The monoisotopic (exact) mass is 105 g/mol. The number of hydrogen-bond donors (Lipinski definition) is 3. The molecule has 0 fully saturated rings. The topological polar surface area (TPSA) is 69.6 Å². The summed E-state index contributed by atoms with van der Waals surface area (Å²) in [6.45, 7) is 1.26. The Morgan fingerprint density at radius 3 is 2.29 bits per heavy atom. The number of aliphatic hydroxyl groups excluding tert-OH is 1. The smallest absolute Gasteiger partial charge is 0.271 e. The fraction of sp³-hybridized carbons (Fsp3) is 0.667. The average Bonchev–Trinajstić information content (AvgIpc) is 1.65. The summed E-state index contributed by atoms with van der Waals surface area (Å²) in [5.41, 5.74) is 1.28. The van der Waals surface area contributed by atoms with Crippen molar-refractivity contribution in [2.75, 3.05) is 0 Å². The van der Waals surface area contributed by atoms with E-state index in [1.807, 2.05) is 0 Å². The van der Waals surface area contributed by atoms with Gasteiger partial charge in [0.2, 0.25) is 0 Å². The Balaban J connectivity index is 3.35. The molecule has 0 bridgehead atoms. The molecule has 0 aliphatic rings. The van der Waals surface area contributed by atoms with Gasteiger partial charge in [0.25, 0.3) is 5.91 Å². The standard InChI is InChI=1S/C3H7NO3/c1-2(5)3(6)4-7/h2,5,7H,1H3,(H,4,6)/t2-/m1/s1. The van der Waals surface area contributed by atoms with Gasteiger partial charge in [-0.2, -0.15) is 0 Å². The van der Waals surface area contributed by atoms with Crippen LogP contribution in [0.25, 0.3) is 0 Å². The van der Waals surface area contributed by atoms with Gasteiger partial charge >= 0.3 is 0 Å². The fourth-order valence-corrected chi connectivity index (χ4v) is 0.0934. The van der Waals surface area contributed by atoms with E-state index in [1.54, 1.807) is 0 Å². The predicted octanol–water partition coefficient (Wildman–Crippen LogP) is -1.13. The van der Waals surface area contributed by atoms with Gasteiger partial charge in [0.05, 0.1) is 0 Å². The molecular weight excluding hydrogens is 98.0 g/mol. The first-order valence-electron chi connectivity index (χ1n) is 1.80. The lowest BCUT2D eigenvalue weighted by atomic mass is 10.4. The molecule has 0 spiro atoms. The van der Waals surface area contributed by atoms with E-state index >= 15 is 0 Å². The van der Waals surface area contributed by atoms with E-state index in [0.717, 1.165) is 0 Å². The van der Waals surface area contributed by atoms with Crippen LogP contribution >= 0.6 is 0 Å². The third-order valence-corrected chi connectivity index (χ3v) is 0.490. The molecule has 0 aromatic rings. The maximum Gasteiger partial charge on any atom is 0.271 e. The van der Waals surface area contributed by atoms with Crippen LogP contribution in [0.5, 0.6) is 0 Å². The van der Waals surface area contributed by atoms with Crippen molar-refractivity contribution >= 4 is 5.91 Å². The van der Waals surface area contributed by atoms with Crippen LogP contribution in [0.15, 0.2) is 0 Å². The zero-order chi connectivity index (χ0) is 5.86. The molecule has 3 N–H and O–H groups in total. The Kier molecular flexibility index (Phi) is 2.32. The SMILES string of the molecule is C[C@@H](O)C(=O)NO. The number of carbonyl (C=O) groups excluding carboxylic acids is 1. The molecule has 0 saturated carbocycles. The third kappa shape index (κ3) is 2.13. The molecule has 7 heavy (non-hydrogen) atoms. The van der Waals surface area contributed by atoms with Crippen LogP contribution in [0.4, 0.5) is 0 Å². The van der Waals surface area contributed by atoms with E-state index in [2.05, 4.69) is 0 Å². The molecule has 0 aliphatic carbocycles. The number of rotatable bonds is 1. The van der Waals surface area contributed by atoms with E-state index in [1.165, 1.54) is 12.4 Å². The van der Waals surface area contributed by atoms with Crippen molar-refractivity contribution < 1.29 is 15.1 Å². The van der Waals surface area contributed by atoms with Crippen LogP contribution in [0, 0.1) is 0 Å². The lowest BCUT2D eigenvalue weighted by Gasteiger charge is -1.96. The molecule has 0 aliphatic heterocycles. The zero-order valence-corrected chi connectivity index (χ0v) is 3.88. The number of carbonyl (C=O) groups is 1. The molecule has 0 aromatic carbocycles. The second-order valence-electron chi connectivity index (χ2n) is 1.15. The lowest BCUT2D eigenvalue weighted by Crippen LogP contribution is -2.29. The molecule has 0 unspecified atom stereocenters. The number of aliphatic hydroxyl groups is 1. The van der Waals surface area contributed by atoms with E-state index < -0.39 is 12.0 Å².